The molecule has 0 aliphatic rings. The molecule has 0 fully saturated rings. The first-order valence-corrected chi connectivity index (χ1v) is 11.8. The SMILES string of the molecule is CC(C)(C)C(=O)[CH-]C(=O)C(C)(C)C.CC(C)(C)C(=O)[CH-]C(=O)C(C)(C)C.CC(C)[O-].CC(C)[O-].[Zr+4]. The van der Waals surface area contributed by atoms with Gasteiger partial charge in [-0.2, -0.15) is 0 Å². The Balaban J connectivity index is -0.000000128. The van der Waals surface area contributed by atoms with E-state index in [1.165, 1.54) is 12.8 Å². The zero-order chi connectivity index (χ0) is 28.9. The third-order valence-electron chi connectivity index (χ3n) is 3.48. The molecular weight excluding hydrogens is 524 g/mol. The molecule has 35 heavy (non-hydrogen) atoms. The van der Waals surface area contributed by atoms with Crippen LogP contribution in [0.1, 0.15) is 111 Å². The van der Waals surface area contributed by atoms with Crippen LogP contribution in [0.3, 0.4) is 0 Å². The zero-order valence-corrected chi connectivity index (χ0v) is 27.7. The predicted octanol–water partition coefficient (Wildman–Crippen LogP) is 4.35. The minimum atomic E-state index is -0.457. The molecule has 0 N–H and O–H groups in total. The number of carbonyl (C=O) groups excluding carboxylic acids is 4. The Bertz CT molecular complexity index is 512. The van der Waals surface area contributed by atoms with Crippen molar-refractivity contribution in [2.24, 2.45) is 21.7 Å². The molecule has 0 aromatic heterocycles. The summed E-state index contributed by atoms with van der Waals surface area (Å²) in [5.41, 5.74) is -1.83. The summed E-state index contributed by atoms with van der Waals surface area (Å²) in [6, 6.07) is 0. The first-order valence-electron chi connectivity index (χ1n) is 11.8. The quantitative estimate of drug-likeness (QED) is 0.364. The number of carbonyl (C=O) groups is 4. The van der Waals surface area contributed by atoms with E-state index < -0.39 is 33.9 Å². The van der Waals surface area contributed by atoms with E-state index in [0.717, 1.165) is 0 Å². The topological polar surface area (TPSA) is 114 Å². The van der Waals surface area contributed by atoms with E-state index in [4.69, 9.17) is 0 Å². The largest absolute Gasteiger partial charge is 4.00 e. The van der Waals surface area contributed by atoms with Crippen molar-refractivity contribution >= 4 is 23.1 Å². The molecule has 0 rings (SSSR count). The van der Waals surface area contributed by atoms with Gasteiger partial charge >= 0.3 is 26.2 Å². The molecule has 0 saturated carbocycles. The fraction of sp³-hybridized carbons (Fsp3) is 0.786. The van der Waals surface area contributed by atoms with E-state index >= 15 is 0 Å². The summed E-state index contributed by atoms with van der Waals surface area (Å²) in [7, 11) is 0. The molecule has 0 atom stereocenters. The van der Waals surface area contributed by atoms with E-state index in [-0.39, 0.29) is 49.3 Å². The van der Waals surface area contributed by atoms with Crippen LogP contribution in [0.5, 0.6) is 0 Å². The minimum absolute atomic E-state index is 0. The standard InChI is InChI=1S/2C11H19O2.2C3H7O.Zr/c2*1-10(2,3)8(12)7-9(13)11(4,5)6;2*1-3(2)4;/h2*7H,1-6H3;2*3H,1-2H3;/q4*-1;+4. The molecule has 0 bridgehead atoms. The summed E-state index contributed by atoms with van der Waals surface area (Å²) < 4.78 is 0. The summed E-state index contributed by atoms with van der Waals surface area (Å²) >= 11 is 0. The zero-order valence-electron chi connectivity index (χ0n) is 25.3. The summed E-state index contributed by atoms with van der Waals surface area (Å²) in [5, 5.41) is 19.1. The second-order valence-corrected chi connectivity index (χ2v) is 12.8. The molecule has 0 unspecified atom stereocenters. The molecule has 0 amide bonds. The van der Waals surface area contributed by atoms with Gasteiger partial charge in [0, 0.05) is 23.1 Å². The van der Waals surface area contributed by atoms with Crippen LogP contribution in [-0.2, 0) is 45.4 Å². The summed E-state index contributed by atoms with van der Waals surface area (Å²) in [6.07, 6.45) is 1.61. The maximum atomic E-state index is 11.4. The van der Waals surface area contributed by atoms with Gasteiger partial charge in [-0.25, -0.2) is 0 Å². The average molecular weight is 576 g/mol. The van der Waals surface area contributed by atoms with Gasteiger partial charge in [-0.1, -0.05) is 111 Å². The maximum Gasteiger partial charge on any atom is 4.00 e. The molecule has 0 aliphatic heterocycles. The second-order valence-electron chi connectivity index (χ2n) is 12.8. The third-order valence-corrected chi connectivity index (χ3v) is 3.48. The molecule has 0 aromatic carbocycles. The summed E-state index contributed by atoms with van der Waals surface area (Å²) in [6.45, 7) is 28.1. The smallest absolute Gasteiger partial charge is 0.852 e. The Kier molecular flexibility index (Phi) is 23.3. The molecule has 204 valence electrons. The normalized spacial score (nSPS) is 11.3. The van der Waals surface area contributed by atoms with Crippen LogP contribution in [0.4, 0.5) is 0 Å². The van der Waals surface area contributed by atoms with Gasteiger partial charge in [-0.15, -0.1) is 12.2 Å². The van der Waals surface area contributed by atoms with Crippen molar-refractivity contribution in [2.45, 2.75) is 123 Å². The Labute approximate surface area is 235 Å². The number of Topliss-reactive ketones (excluding diaryl/α,β-unsaturated/α-hetero) is 4. The number of hydrogen-bond donors (Lipinski definition) is 0. The Morgan fingerprint density at radius 2 is 0.543 bits per heavy atom. The first kappa shape index (κ1) is 44.2. The van der Waals surface area contributed by atoms with Gasteiger partial charge in [0.15, 0.2) is 0 Å². The molecule has 0 spiro atoms. The van der Waals surface area contributed by atoms with E-state index in [1.54, 1.807) is 27.7 Å². The predicted molar refractivity (Wildman–Crippen MR) is 137 cm³/mol. The van der Waals surface area contributed by atoms with Crippen molar-refractivity contribution in [1.29, 1.82) is 0 Å². The summed E-state index contributed by atoms with van der Waals surface area (Å²) in [5.74, 6) is -0.417. The van der Waals surface area contributed by atoms with Crippen molar-refractivity contribution in [3.63, 3.8) is 0 Å². The van der Waals surface area contributed by atoms with Crippen molar-refractivity contribution in [3.05, 3.63) is 12.8 Å². The Morgan fingerprint density at radius 3 is 0.600 bits per heavy atom. The van der Waals surface area contributed by atoms with Gasteiger partial charge in [-0.05, 0) is 21.7 Å². The van der Waals surface area contributed by atoms with Gasteiger partial charge in [0.25, 0.3) is 0 Å². The van der Waals surface area contributed by atoms with Crippen LogP contribution < -0.4 is 10.2 Å². The minimum Gasteiger partial charge on any atom is -0.852 e. The van der Waals surface area contributed by atoms with Crippen LogP contribution in [0.2, 0.25) is 0 Å². The maximum absolute atomic E-state index is 11.4. The monoisotopic (exact) mass is 574 g/mol. The molecular formula is C28H52O6Zr. The van der Waals surface area contributed by atoms with E-state index in [0.29, 0.717) is 0 Å². The van der Waals surface area contributed by atoms with E-state index in [2.05, 4.69) is 0 Å². The average Bonchev–Trinajstić information content (AvgIpc) is 2.50. The van der Waals surface area contributed by atoms with Crippen LogP contribution in [-0.4, -0.2) is 35.3 Å². The second kappa shape index (κ2) is 18.5. The molecule has 7 heteroatoms. The fourth-order valence-corrected chi connectivity index (χ4v) is 1.10. The fourth-order valence-electron chi connectivity index (χ4n) is 1.10. The molecule has 0 heterocycles. The van der Waals surface area contributed by atoms with Crippen LogP contribution in [0, 0.1) is 34.5 Å². The number of ketones is 4. The Hall–Kier alpha value is -0.777. The third kappa shape index (κ3) is 33.2. The Morgan fingerprint density at radius 1 is 0.457 bits per heavy atom. The number of rotatable bonds is 4. The molecule has 0 aromatic rings. The van der Waals surface area contributed by atoms with Crippen LogP contribution >= 0.6 is 0 Å². The van der Waals surface area contributed by atoms with Crippen molar-refractivity contribution in [1.82, 2.24) is 0 Å². The molecule has 0 aliphatic carbocycles. The van der Waals surface area contributed by atoms with Crippen molar-refractivity contribution in [2.75, 3.05) is 0 Å². The van der Waals surface area contributed by atoms with Crippen molar-refractivity contribution < 1.29 is 55.6 Å². The van der Waals surface area contributed by atoms with Crippen molar-refractivity contribution in [3.8, 4) is 0 Å². The van der Waals surface area contributed by atoms with Gasteiger partial charge in [0.2, 0.25) is 0 Å². The van der Waals surface area contributed by atoms with Crippen LogP contribution in [0.15, 0.2) is 0 Å². The molecule has 0 radical (unpaired) electrons. The molecule has 0 saturated heterocycles. The van der Waals surface area contributed by atoms with E-state index in [9.17, 15) is 29.4 Å². The van der Waals surface area contributed by atoms with Gasteiger partial charge in [0.05, 0.1) is 0 Å². The van der Waals surface area contributed by atoms with E-state index in [1.807, 2.05) is 83.1 Å². The number of hydrogen-bond acceptors (Lipinski definition) is 6. The summed E-state index contributed by atoms with van der Waals surface area (Å²) in [4.78, 5) is 45.8. The van der Waals surface area contributed by atoms with Gasteiger partial charge in [-0.3, -0.25) is 12.8 Å². The van der Waals surface area contributed by atoms with Gasteiger partial charge in [0.1, 0.15) is 0 Å². The molecule has 6 nitrogen and oxygen atoms in total. The first-order chi connectivity index (χ1) is 14.6. The van der Waals surface area contributed by atoms with Gasteiger partial charge < -0.3 is 29.4 Å². The van der Waals surface area contributed by atoms with Crippen LogP contribution in [0.25, 0.3) is 0 Å².